The Hall–Kier alpha value is -1.09. The highest BCUT2D eigenvalue weighted by Crippen LogP contribution is 2.15. The van der Waals surface area contributed by atoms with Gasteiger partial charge in [0.15, 0.2) is 0 Å². The standard InChI is InChI=1S/C9H12N2O/c1-7(2)9-5-8-6-12-4-3-11(8)10-9/h5H,1,3-4,6H2,2H3. The van der Waals surface area contributed by atoms with Crippen molar-refractivity contribution in [3.8, 4) is 0 Å². The molecule has 0 aliphatic carbocycles. The molecule has 64 valence electrons. The average Bonchev–Trinajstić information content (AvgIpc) is 2.46. The SMILES string of the molecule is C=C(C)c1cc2n(n1)CCOC2. The summed E-state index contributed by atoms with van der Waals surface area (Å²) in [6.07, 6.45) is 0. The first-order valence-corrected chi connectivity index (χ1v) is 4.08. The second kappa shape index (κ2) is 2.75. The van der Waals surface area contributed by atoms with Crippen molar-refractivity contribution in [2.75, 3.05) is 6.61 Å². The molecule has 0 fully saturated rings. The van der Waals surface area contributed by atoms with Gasteiger partial charge >= 0.3 is 0 Å². The topological polar surface area (TPSA) is 27.1 Å². The monoisotopic (exact) mass is 164 g/mol. The van der Waals surface area contributed by atoms with Crippen molar-refractivity contribution in [2.45, 2.75) is 20.1 Å². The zero-order valence-corrected chi connectivity index (χ0v) is 7.21. The molecule has 2 rings (SSSR count). The largest absolute Gasteiger partial charge is 0.373 e. The van der Waals surface area contributed by atoms with Gasteiger partial charge in [0.25, 0.3) is 0 Å². The molecular weight excluding hydrogens is 152 g/mol. The molecule has 0 radical (unpaired) electrons. The number of aromatic nitrogens is 2. The van der Waals surface area contributed by atoms with Crippen LogP contribution in [-0.2, 0) is 17.9 Å². The van der Waals surface area contributed by atoms with E-state index in [1.165, 1.54) is 0 Å². The Bertz CT molecular complexity index is 291. The van der Waals surface area contributed by atoms with Crippen LogP contribution in [-0.4, -0.2) is 16.4 Å². The third-order valence-corrected chi connectivity index (χ3v) is 2.00. The van der Waals surface area contributed by atoms with Gasteiger partial charge in [-0.15, -0.1) is 0 Å². The fourth-order valence-electron chi connectivity index (χ4n) is 1.30. The number of hydrogen-bond acceptors (Lipinski definition) is 2. The van der Waals surface area contributed by atoms with E-state index >= 15 is 0 Å². The minimum Gasteiger partial charge on any atom is -0.373 e. The number of ether oxygens (including phenoxy) is 1. The average molecular weight is 164 g/mol. The van der Waals surface area contributed by atoms with E-state index in [1.807, 2.05) is 17.7 Å². The van der Waals surface area contributed by atoms with Crippen LogP contribution in [0.4, 0.5) is 0 Å². The fourth-order valence-corrected chi connectivity index (χ4v) is 1.30. The molecule has 1 aromatic heterocycles. The Morgan fingerprint density at radius 3 is 3.25 bits per heavy atom. The fraction of sp³-hybridized carbons (Fsp3) is 0.444. The summed E-state index contributed by atoms with van der Waals surface area (Å²) in [5, 5.41) is 4.39. The quantitative estimate of drug-likeness (QED) is 0.628. The van der Waals surface area contributed by atoms with Gasteiger partial charge in [0.05, 0.1) is 31.1 Å². The van der Waals surface area contributed by atoms with E-state index in [2.05, 4.69) is 11.7 Å². The number of fused-ring (bicyclic) bond motifs is 1. The van der Waals surface area contributed by atoms with Crippen LogP contribution >= 0.6 is 0 Å². The van der Waals surface area contributed by atoms with E-state index < -0.39 is 0 Å². The lowest BCUT2D eigenvalue weighted by Crippen LogP contribution is -2.16. The van der Waals surface area contributed by atoms with Crippen molar-refractivity contribution in [3.05, 3.63) is 24.0 Å². The van der Waals surface area contributed by atoms with Crippen LogP contribution < -0.4 is 0 Å². The summed E-state index contributed by atoms with van der Waals surface area (Å²) < 4.78 is 7.29. The van der Waals surface area contributed by atoms with Gasteiger partial charge in [-0.2, -0.15) is 5.10 Å². The molecule has 0 bridgehead atoms. The molecular formula is C9H12N2O. The Morgan fingerprint density at radius 1 is 1.75 bits per heavy atom. The maximum atomic E-state index is 5.30. The Labute approximate surface area is 71.6 Å². The van der Waals surface area contributed by atoms with Crippen LogP contribution in [0.25, 0.3) is 5.57 Å². The number of nitrogens with zero attached hydrogens (tertiary/aromatic N) is 2. The minimum atomic E-state index is 0.681. The lowest BCUT2D eigenvalue weighted by atomic mass is 10.2. The third-order valence-electron chi connectivity index (χ3n) is 2.00. The van der Waals surface area contributed by atoms with Gasteiger partial charge in [-0.05, 0) is 18.6 Å². The first-order chi connectivity index (χ1) is 5.77. The van der Waals surface area contributed by atoms with Gasteiger partial charge in [0, 0.05) is 0 Å². The van der Waals surface area contributed by atoms with Gasteiger partial charge in [-0.25, -0.2) is 0 Å². The zero-order valence-electron chi connectivity index (χ0n) is 7.21. The van der Waals surface area contributed by atoms with Crippen LogP contribution in [0.3, 0.4) is 0 Å². The summed E-state index contributed by atoms with van der Waals surface area (Å²) in [4.78, 5) is 0. The van der Waals surface area contributed by atoms with Crippen LogP contribution in [0.1, 0.15) is 18.3 Å². The molecule has 1 aromatic rings. The molecule has 3 heteroatoms. The second-order valence-electron chi connectivity index (χ2n) is 3.08. The van der Waals surface area contributed by atoms with E-state index in [-0.39, 0.29) is 0 Å². The summed E-state index contributed by atoms with van der Waals surface area (Å²) in [7, 11) is 0. The van der Waals surface area contributed by atoms with Crippen LogP contribution in [0.5, 0.6) is 0 Å². The highest BCUT2D eigenvalue weighted by molar-refractivity contribution is 5.57. The lowest BCUT2D eigenvalue weighted by Gasteiger charge is -2.12. The molecule has 0 saturated heterocycles. The van der Waals surface area contributed by atoms with Crippen molar-refractivity contribution < 1.29 is 4.74 Å². The van der Waals surface area contributed by atoms with Crippen molar-refractivity contribution in [1.82, 2.24) is 9.78 Å². The molecule has 0 aromatic carbocycles. The maximum Gasteiger partial charge on any atom is 0.0885 e. The summed E-state index contributed by atoms with van der Waals surface area (Å²) in [6.45, 7) is 8.13. The smallest absolute Gasteiger partial charge is 0.0885 e. The van der Waals surface area contributed by atoms with Gasteiger partial charge in [0.1, 0.15) is 0 Å². The van der Waals surface area contributed by atoms with Gasteiger partial charge in [-0.1, -0.05) is 6.58 Å². The predicted molar refractivity (Wildman–Crippen MR) is 46.6 cm³/mol. The van der Waals surface area contributed by atoms with Gasteiger partial charge in [-0.3, -0.25) is 4.68 Å². The molecule has 0 unspecified atom stereocenters. The molecule has 12 heavy (non-hydrogen) atoms. The Morgan fingerprint density at radius 2 is 2.58 bits per heavy atom. The molecule has 0 atom stereocenters. The molecule has 1 aliphatic rings. The van der Waals surface area contributed by atoms with Crippen molar-refractivity contribution >= 4 is 5.57 Å². The van der Waals surface area contributed by atoms with E-state index in [0.29, 0.717) is 6.61 Å². The molecule has 0 saturated carbocycles. The van der Waals surface area contributed by atoms with Crippen LogP contribution in [0, 0.1) is 0 Å². The highest BCUT2D eigenvalue weighted by Gasteiger charge is 2.11. The third kappa shape index (κ3) is 1.16. The first kappa shape index (κ1) is 7.55. The molecule has 2 heterocycles. The summed E-state index contributed by atoms with van der Waals surface area (Å²) in [6, 6.07) is 2.04. The highest BCUT2D eigenvalue weighted by atomic mass is 16.5. The van der Waals surface area contributed by atoms with Gasteiger partial charge in [0.2, 0.25) is 0 Å². The second-order valence-corrected chi connectivity index (χ2v) is 3.08. The summed E-state index contributed by atoms with van der Waals surface area (Å²) in [5.74, 6) is 0. The minimum absolute atomic E-state index is 0.681. The van der Waals surface area contributed by atoms with Crippen molar-refractivity contribution in [1.29, 1.82) is 0 Å². The molecule has 0 N–H and O–H groups in total. The van der Waals surface area contributed by atoms with Crippen LogP contribution in [0.2, 0.25) is 0 Å². The molecule has 0 amide bonds. The summed E-state index contributed by atoms with van der Waals surface area (Å²) in [5.41, 5.74) is 3.15. The molecule has 0 spiro atoms. The van der Waals surface area contributed by atoms with Gasteiger partial charge < -0.3 is 4.74 Å². The zero-order chi connectivity index (χ0) is 8.55. The number of hydrogen-bond donors (Lipinski definition) is 0. The van der Waals surface area contributed by atoms with E-state index in [4.69, 9.17) is 4.74 Å². The summed E-state index contributed by atoms with van der Waals surface area (Å²) >= 11 is 0. The Kier molecular flexibility index (Phi) is 1.73. The first-order valence-electron chi connectivity index (χ1n) is 4.08. The molecule has 3 nitrogen and oxygen atoms in total. The van der Waals surface area contributed by atoms with E-state index in [9.17, 15) is 0 Å². The molecule has 1 aliphatic heterocycles. The lowest BCUT2D eigenvalue weighted by molar-refractivity contribution is 0.0800. The van der Waals surface area contributed by atoms with E-state index in [0.717, 1.165) is 30.1 Å². The van der Waals surface area contributed by atoms with Crippen molar-refractivity contribution in [2.24, 2.45) is 0 Å². The maximum absolute atomic E-state index is 5.30. The normalized spacial score (nSPS) is 15.8. The van der Waals surface area contributed by atoms with E-state index in [1.54, 1.807) is 0 Å². The predicted octanol–water partition coefficient (Wildman–Crippen LogP) is 1.45. The Balaban J connectivity index is 2.38. The van der Waals surface area contributed by atoms with Crippen LogP contribution in [0.15, 0.2) is 12.6 Å². The number of allylic oxidation sites excluding steroid dienone is 1. The number of rotatable bonds is 1. The van der Waals surface area contributed by atoms with Crippen molar-refractivity contribution in [3.63, 3.8) is 0 Å².